The Kier molecular flexibility index (Phi) is 2.21. The van der Waals surface area contributed by atoms with Gasteiger partial charge >= 0.3 is 6.09 Å². The molecule has 58 valence electrons. The number of hydrazine groups is 1. The van der Waals surface area contributed by atoms with E-state index in [9.17, 15) is 4.79 Å². The molecule has 0 aromatic carbocycles. The quantitative estimate of drug-likeness (QED) is 0.525. The molecule has 0 saturated carbocycles. The SMILES string of the molecule is O=C(O)NNc1cnccn1. The van der Waals surface area contributed by atoms with Crippen LogP contribution < -0.4 is 10.9 Å². The maximum Gasteiger partial charge on any atom is 0.423 e. The number of aromatic nitrogens is 2. The Bertz CT molecular complexity index is 237. The van der Waals surface area contributed by atoms with E-state index in [1.807, 2.05) is 5.43 Å². The van der Waals surface area contributed by atoms with Gasteiger partial charge < -0.3 is 5.11 Å². The van der Waals surface area contributed by atoms with Crippen LogP contribution in [0.3, 0.4) is 0 Å². The molecule has 1 amide bonds. The number of hydrogen-bond acceptors (Lipinski definition) is 4. The zero-order valence-electron chi connectivity index (χ0n) is 5.48. The zero-order valence-corrected chi connectivity index (χ0v) is 5.48. The standard InChI is InChI=1S/C5H6N4O2/c10-5(11)9-8-4-3-6-1-2-7-4/h1-3,9H,(H,7,8)(H,10,11). The second-order valence-corrected chi connectivity index (χ2v) is 1.65. The lowest BCUT2D eigenvalue weighted by molar-refractivity contribution is 0.197. The highest BCUT2D eigenvalue weighted by Crippen LogP contribution is 1.92. The summed E-state index contributed by atoms with van der Waals surface area (Å²) >= 11 is 0. The minimum absolute atomic E-state index is 0.356. The van der Waals surface area contributed by atoms with Crippen LogP contribution in [0.1, 0.15) is 0 Å². The van der Waals surface area contributed by atoms with E-state index in [2.05, 4.69) is 15.4 Å². The first-order valence-corrected chi connectivity index (χ1v) is 2.80. The zero-order chi connectivity index (χ0) is 8.10. The van der Waals surface area contributed by atoms with Gasteiger partial charge in [0.15, 0.2) is 5.82 Å². The number of hydrogen-bond donors (Lipinski definition) is 3. The third-order valence-corrected chi connectivity index (χ3v) is 0.861. The minimum atomic E-state index is -1.17. The molecular weight excluding hydrogens is 148 g/mol. The Hall–Kier alpha value is -1.85. The van der Waals surface area contributed by atoms with Gasteiger partial charge in [0.25, 0.3) is 0 Å². The van der Waals surface area contributed by atoms with Gasteiger partial charge in [0, 0.05) is 12.4 Å². The van der Waals surface area contributed by atoms with Gasteiger partial charge in [0.05, 0.1) is 6.20 Å². The summed E-state index contributed by atoms with van der Waals surface area (Å²) in [5, 5.41) is 8.15. The number of rotatable bonds is 2. The van der Waals surface area contributed by atoms with E-state index >= 15 is 0 Å². The number of carbonyl (C=O) groups is 1. The summed E-state index contributed by atoms with van der Waals surface area (Å²) in [6.07, 6.45) is 3.17. The summed E-state index contributed by atoms with van der Waals surface area (Å²) in [5.74, 6) is 0.356. The fraction of sp³-hybridized carbons (Fsp3) is 0. The summed E-state index contributed by atoms with van der Waals surface area (Å²) in [5.41, 5.74) is 4.25. The molecule has 1 heterocycles. The lowest BCUT2D eigenvalue weighted by Crippen LogP contribution is -2.27. The molecule has 0 aliphatic heterocycles. The maximum absolute atomic E-state index is 9.95. The van der Waals surface area contributed by atoms with Crippen LogP contribution in [-0.4, -0.2) is 21.2 Å². The number of nitrogens with one attached hydrogen (secondary N) is 2. The van der Waals surface area contributed by atoms with Gasteiger partial charge in [-0.05, 0) is 0 Å². The number of amides is 1. The van der Waals surface area contributed by atoms with Crippen molar-refractivity contribution in [3.8, 4) is 0 Å². The number of anilines is 1. The van der Waals surface area contributed by atoms with Crippen LogP contribution in [-0.2, 0) is 0 Å². The summed E-state index contributed by atoms with van der Waals surface area (Å²) < 4.78 is 0. The molecule has 0 bridgehead atoms. The van der Waals surface area contributed by atoms with Gasteiger partial charge in [-0.1, -0.05) is 0 Å². The molecule has 1 rings (SSSR count). The molecule has 1 aromatic heterocycles. The van der Waals surface area contributed by atoms with Crippen molar-refractivity contribution in [2.75, 3.05) is 5.43 Å². The van der Waals surface area contributed by atoms with Gasteiger partial charge in [0.2, 0.25) is 0 Å². The molecule has 0 unspecified atom stereocenters. The van der Waals surface area contributed by atoms with Crippen LogP contribution in [0.25, 0.3) is 0 Å². The normalized spacial score (nSPS) is 8.73. The van der Waals surface area contributed by atoms with E-state index in [-0.39, 0.29) is 0 Å². The van der Waals surface area contributed by atoms with Crippen molar-refractivity contribution in [2.24, 2.45) is 0 Å². The van der Waals surface area contributed by atoms with Gasteiger partial charge in [-0.15, -0.1) is 0 Å². The Morgan fingerprint density at radius 1 is 1.55 bits per heavy atom. The summed E-state index contributed by atoms with van der Waals surface area (Å²) in [6.45, 7) is 0. The van der Waals surface area contributed by atoms with E-state index in [0.717, 1.165) is 0 Å². The molecule has 0 radical (unpaired) electrons. The second-order valence-electron chi connectivity index (χ2n) is 1.65. The summed E-state index contributed by atoms with van der Waals surface area (Å²) in [6, 6.07) is 0. The Labute approximate surface area is 62.3 Å². The fourth-order valence-corrected chi connectivity index (χ4v) is 0.481. The van der Waals surface area contributed by atoms with E-state index in [1.165, 1.54) is 18.6 Å². The van der Waals surface area contributed by atoms with Crippen molar-refractivity contribution in [3.05, 3.63) is 18.6 Å². The molecule has 11 heavy (non-hydrogen) atoms. The van der Waals surface area contributed by atoms with E-state index < -0.39 is 6.09 Å². The average molecular weight is 154 g/mol. The second kappa shape index (κ2) is 3.35. The van der Waals surface area contributed by atoms with Gasteiger partial charge in [-0.2, -0.15) is 0 Å². The molecule has 6 heteroatoms. The fourth-order valence-electron chi connectivity index (χ4n) is 0.481. The number of nitrogens with zero attached hydrogens (tertiary/aromatic N) is 2. The van der Waals surface area contributed by atoms with E-state index in [4.69, 9.17) is 5.11 Å². The molecule has 3 N–H and O–H groups in total. The van der Waals surface area contributed by atoms with Crippen molar-refractivity contribution in [2.45, 2.75) is 0 Å². The van der Waals surface area contributed by atoms with Crippen molar-refractivity contribution >= 4 is 11.9 Å². The molecule has 0 spiro atoms. The van der Waals surface area contributed by atoms with Gasteiger partial charge in [-0.3, -0.25) is 10.4 Å². The molecule has 0 aliphatic carbocycles. The van der Waals surface area contributed by atoms with Crippen LogP contribution in [0.15, 0.2) is 18.6 Å². The maximum atomic E-state index is 9.95. The van der Waals surface area contributed by atoms with Crippen LogP contribution in [0.5, 0.6) is 0 Å². The van der Waals surface area contributed by atoms with Crippen molar-refractivity contribution in [1.82, 2.24) is 15.4 Å². The largest absolute Gasteiger partial charge is 0.464 e. The molecule has 6 nitrogen and oxygen atoms in total. The molecular formula is C5H6N4O2. The van der Waals surface area contributed by atoms with Crippen LogP contribution in [0, 0.1) is 0 Å². The Morgan fingerprint density at radius 2 is 2.36 bits per heavy atom. The molecule has 0 fully saturated rings. The van der Waals surface area contributed by atoms with Crippen molar-refractivity contribution < 1.29 is 9.90 Å². The van der Waals surface area contributed by atoms with Crippen LogP contribution in [0.4, 0.5) is 10.6 Å². The van der Waals surface area contributed by atoms with Crippen LogP contribution in [0.2, 0.25) is 0 Å². The van der Waals surface area contributed by atoms with Crippen molar-refractivity contribution in [3.63, 3.8) is 0 Å². The third-order valence-electron chi connectivity index (χ3n) is 0.861. The third kappa shape index (κ3) is 2.48. The Balaban J connectivity index is 2.45. The molecule has 0 atom stereocenters. The van der Waals surface area contributed by atoms with E-state index in [0.29, 0.717) is 5.82 Å². The monoisotopic (exact) mass is 154 g/mol. The highest BCUT2D eigenvalue weighted by Gasteiger charge is 1.93. The van der Waals surface area contributed by atoms with Gasteiger partial charge in [-0.25, -0.2) is 15.2 Å². The van der Waals surface area contributed by atoms with E-state index in [1.54, 1.807) is 0 Å². The summed E-state index contributed by atoms with van der Waals surface area (Å²) in [4.78, 5) is 17.4. The first-order valence-electron chi connectivity index (χ1n) is 2.80. The first kappa shape index (κ1) is 7.26. The smallest absolute Gasteiger partial charge is 0.423 e. The average Bonchev–Trinajstić information content (AvgIpc) is 2.03. The first-order chi connectivity index (χ1) is 5.29. The lowest BCUT2D eigenvalue weighted by Gasteiger charge is -2.01. The lowest BCUT2D eigenvalue weighted by atomic mass is 10.7. The highest BCUT2D eigenvalue weighted by molar-refractivity contribution is 5.66. The topological polar surface area (TPSA) is 87.1 Å². The number of carboxylic acid groups (broad SMARTS) is 1. The van der Waals surface area contributed by atoms with Gasteiger partial charge in [0.1, 0.15) is 0 Å². The van der Waals surface area contributed by atoms with Crippen LogP contribution >= 0.6 is 0 Å². The predicted molar refractivity (Wildman–Crippen MR) is 36.8 cm³/mol. The molecule has 0 aliphatic rings. The van der Waals surface area contributed by atoms with Crippen molar-refractivity contribution in [1.29, 1.82) is 0 Å². The Morgan fingerprint density at radius 3 is 2.91 bits per heavy atom. The highest BCUT2D eigenvalue weighted by atomic mass is 16.4. The molecule has 0 saturated heterocycles. The molecule has 1 aromatic rings. The summed E-state index contributed by atoms with van der Waals surface area (Å²) in [7, 11) is 0. The predicted octanol–water partition coefficient (Wildman–Crippen LogP) is 0.0711. The minimum Gasteiger partial charge on any atom is -0.464 e.